The van der Waals surface area contributed by atoms with Crippen molar-refractivity contribution in [3.05, 3.63) is 58.1 Å². The van der Waals surface area contributed by atoms with Crippen LogP contribution >= 0.6 is 0 Å². The first-order valence-electron chi connectivity index (χ1n) is 17.2. The largest absolute Gasteiger partial charge is 0.490 e. The first kappa shape index (κ1) is 35.9. The van der Waals surface area contributed by atoms with Gasteiger partial charge in [-0.25, -0.2) is 4.79 Å². The molecule has 1 unspecified atom stereocenters. The molecule has 5 heteroatoms. The maximum absolute atomic E-state index is 12.2. The summed E-state index contributed by atoms with van der Waals surface area (Å²) < 4.78 is 18.2. The second kappa shape index (κ2) is 17.2. The van der Waals surface area contributed by atoms with Crippen LogP contribution in [0.1, 0.15) is 131 Å². The lowest BCUT2D eigenvalue weighted by atomic mass is 9.83. The number of hydrogen-bond acceptors (Lipinski definition) is 5. The lowest BCUT2D eigenvalue weighted by Crippen LogP contribution is -2.37. The van der Waals surface area contributed by atoms with Gasteiger partial charge in [-0.1, -0.05) is 90.8 Å². The third-order valence-electron chi connectivity index (χ3n) is 9.67. The smallest absolute Gasteiger partial charge is 0.338 e. The van der Waals surface area contributed by atoms with Crippen LogP contribution in [0.4, 0.5) is 0 Å². The highest BCUT2D eigenvalue weighted by Crippen LogP contribution is 2.45. The Hall–Kier alpha value is -2.53. The van der Waals surface area contributed by atoms with Gasteiger partial charge >= 0.3 is 5.97 Å². The Balaban J connectivity index is 1.46. The molecule has 246 valence electrons. The summed E-state index contributed by atoms with van der Waals surface area (Å²) >= 11 is 0. The number of ether oxygens (including phenoxy) is 3. The molecule has 0 aromatic heterocycles. The van der Waals surface area contributed by atoms with Gasteiger partial charge in [0.15, 0.2) is 0 Å². The van der Waals surface area contributed by atoms with E-state index in [0.717, 1.165) is 65.2 Å². The van der Waals surface area contributed by atoms with E-state index in [1.807, 2.05) is 6.07 Å². The Labute approximate surface area is 268 Å². The zero-order valence-corrected chi connectivity index (χ0v) is 29.0. The van der Waals surface area contributed by atoms with Gasteiger partial charge in [0.2, 0.25) is 0 Å². The van der Waals surface area contributed by atoms with Gasteiger partial charge in [0.25, 0.3) is 0 Å². The van der Waals surface area contributed by atoms with Gasteiger partial charge in [0, 0.05) is 5.56 Å². The summed E-state index contributed by atoms with van der Waals surface area (Å²) in [6, 6.07) is 8.80. The van der Waals surface area contributed by atoms with E-state index in [1.54, 1.807) is 24.3 Å². The van der Waals surface area contributed by atoms with E-state index in [2.05, 4.69) is 55.4 Å². The molecule has 0 amide bonds. The molecule has 2 aromatic rings. The molecule has 0 saturated heterocycles. The molecule has 0 radical (unpaired) electrons. The van der Waals surface area contributed by atoms with Crippen molar-refractivity contribution in [3.8, 4) is 11.5 Å². The minimum atomic E-state index is -0.919. The number of aliphatic hydroxyl groups excluding tert-OH is 1. The normalized spacial score (nSPS) is 18.3. The van der Waals surface area contributed by atoms with Crippen molar-refractivity contribution < 1.29 is 24.1 Å². The molecule has 1 aliphatic rings. The Morgan fingerprint density at radius 3 is 2.11 bits per heavy atom. The van der Waals surface area contributed by atoms with Gasteiger partial charge in [-0.05, 0) is 100.0 Å². The van der Waals surface area contributed by atoms with E-state index in [0.29, 0.717) is 5.56 Å². The third-order valence-corrected chi connectivity index (χ3v) is 9.67. The molecule has 0 fully saturated rings. The Kier molecular flexibility index (Phi) is 14.1. The standard InChI is InChI=1S/C39H60O5/c1-27(2)15-12-16-28(3)17-13-18-29(4)19-14-23-39(8)24-22-35-32(7)36(30(5)31(6)37(35)44-39)42-25-34(40)26-43-38(41)33-20-10-9-11-21-33/h9-11,20-21,27-29,34,40H,12-19,22-26H2,1-8H3/t28-,29-,34?,39-/m1/s1. The maximum Gasteiger partial charge on any atom is 0.338 e. The number of esters is 1. The van der Waals surface area contributed by atoms with Gasteiger partial charge in [0.1, 0.15) is 36.4 Å². The van der Waals surface area contributed by atoms with Crippen molar-refractivity contribution >= 4 is 5.97 Å². The van der Waals surface area contributed by atoms with Crippen LogP contribution in [0, 0.1) is 38.5 Å². The second-order valence-corrected chi connectivity index (χ2v) is 14.4. The summed E-state index contributed by atoms with van der Waals surface area (Å²) in [7, 11) is 0. The van der Waals surface area contributed by atoms with E-state index in [4.69, 9.17) is 14.2 Å². The molecule has 0 spiro atoms. The average Bonchev–Trinajstić information content (AvgIpc) is 2.98. The number of carbonyl (C=O) groups excluding carboxylic acids is 1. The Morgan fingerprint density at radius 2 is 1.48 bits per heavy atom. The fraction of sp³-hybridized carbons (Fsp3) is 0.667. The highest BCUT2D eigenvalue weighted by molar-refractivity contribution is 5.89. The first-order chi connectivity index (χ1) is 20.9. The van der Waals surface area contributed by atoms with E-state index in [1.165, 1.54) is 56.9 Å². The number of hydrogen-bond donors (Lipinski definition) is 1. The van der Waals surface area contributed by atoms with Crippen molar-refractivity contribution in [1.29, 1.82) is 0 Å². The zero-order valence-electron chi connectivity index (χ0n) is 29.0. The monoisotopic (exact) mass is 608 g/mol. The molecule has 2 aromatic carbocycles. The van der Waals surface area contributed by atoms with Crippen LogP contribution in [0.3, 0.4) is 0 Å². The summed E-state index contributed by atoms with van der Waals surface area (Å²) in [5.74, 6) is 3.80. The van der Waals surface area contributed by atoms with E-state index >= 15 is 0 Å². The molecule has 3 rings (SSSR count). The molecule has 0 aliphatic carbocycles. The molecule has 0 bridgehead atoms. The molecule has 4 atom stereocenters. The van der Waals surface area contributed by atoms with Crippen molar-refractivity contribution in [1.82, 2.24) is 0 Å². The number of carbonyl (C=O) groups is 1. The molecule has 1 N–H and O–H groups in total. The van der Waals surface area contributed by atoms with Crippen molar-refractivity contribution in [2.75, 3.05) is 13.2 Å². The van der Waals surface area contributed by atoms with Gasteiger partial charge in [0.05, 0.1) is 5.56 Å². The van der Waals surface area contributed by atoms with Gasteiger partial charge in [-0.2, -0.15) is 0 Å². The minimum absolute atomic E-state index is 0.0514. The average molecular weight is 609 g/mol. The molecule has 5 nitrogen and oxygen atoms in total. The highest BCUT2D eigenvalue weighted by atomic mass is 16.5. The number of fused-ring (bicyclic) bond motifs is 1. The molecule has 0 saturated carbocycles. The number of aliphatic hydroxyl groups is 1. The summed E-state index contributed by atoms with van der Waals surface area (Å²) in [5.41, 5.74) is 4.74. The number of benzene rings is 2. The van der Waals surface area contributed by atoms with Gasteiger partial charge in [-0.15, -0.1) is 0 Å². The topological polar surface area (TPSA) is 65.0 Å². The zero-order chi connectivity index (χ0) is 32.3. The molecule has 44 heavy (non-hydrogen) atoms. The quantitative estimate of drug-likeness (QED) is 0.171. The van der Waals surface area contributed by atoms with Gasteiger partial charge < -0.3 is 19.3 Å². The van der Waals surface area contributed by atoms with E-state index < -0.39 is 12.1 Å². The van der Waals surface area contributed by atoms with E-state index in [9.17, 15) is 9.90 Å². The van der Waals surface area contributed by atoms with Crippen LogP contribution in [0.2, 0.25) is 0 Å². The second-order valence-electron chi connectivity index (χ2n) is 14.4. The van der Waals surface area contributed by atoms with Crippen LogP contribution in [0.25, 0.3) is 0 Å². The van der Waals surface area contributed by atoms with Crippen LogP contribution < -0.4 is 9.47 Å². The molecular formula is C39H60O5. The highest BCUT2D eigenvalue weighted by Gasteiger charge is 2.34. The first-order valence-corrected chi connectivity index (χ1v) is 17.2. The van der Waals surface area contributed by atoms with E-state index in [-0.39, 0.29) is 18.8 Å². The number of rotatable bonds is 18. The van der Waals surface area contributed by atoms with Crippen LogP contribution in [0.15, 0.2) is 30.3 Å². The fourth-order valence-electron chi connectivity index (χ4n) is 6.53. The van der Waals surface area contributed by atoms with Crippen molar-refractivity contribution in [2.24, 2.45) is 17.8 Å². The Morgan fingerprint density at radius 1 is 0.864 bits per heavy atom. The summed E-state index contributed by atoms with van der Waals surface area (Å²) in [5, 5.41) is 10.5. The summed E-state index contributed by atoms with van der Waals surface area (Å²) in [6.07, 6.45) is 12.7. The fourth-order valence-corrected chi connectivity index (χ4v) is 6.53. The lowest BCUT2D eigenvalue weighted by molar-refractivity contribution is 0.0127. The predicted molar refractivity (Wildman–Crippen MR) is 181 cm³/mol. The van der Waals surface area contributed by atoms with Crippen LogP contribution in [-0.2, 0) is 11.2 Å². The molecule has 1 heterocycles. The summed E-state index contributed by atoms with van der Waals surface area (Å²) in [6.45, 7) is 18.0. The van der Waals surface area contributed by atoms with Crippen molar-refractivity contribution in [3.63, 3.8) is 0 Å². The molecular weight excluding hydrogens is 548 g/mol. The summed E-state index contributed by atoms with van der Waals surface area (Å²) in [4.78, 5) is 12.2. The van der Waals surface area contributed by atoms with Crippen LogP contribution in [-0.4, -0.2) is 36.0 Å². The predicted octanol–water partition coefficient (Wildman–Crippen LogP) is 9.73. The Bertz CT molecular complexity index is 1170. The van der Waals surface area contributed by atoms with Gasteiger partial charge in [-0.3, -0.25) is 0 Å². The van der Waals surface area contributed by atoms with Crippen molar-refractivity contribution in [2.45, 2.75) is 138 Å². The minimum Gasteiger partial charge on any atom is -0.490 e. The third kappa shape index (κ3) is 10.8. The SMILES string of the molecule is Cc1c(C)c2c(c(C)c1OCC(O)COC(=O)c1ccccc1)CC[C@@](C)(CCC[C@H](C)CCC[C@H](C)CCCC(C)C)O2. The lowest BCUT2D eigenvalue weighted by Gasteiger charge is -2.38. The molecule has 1 aliphatic heterocycles. The van der Waals surface area contributed by atoms with Crippen LogP contribution in [0.5, 0.6) is 11.5 Å². The maximum atomic E-state index is 12.2.